The molecule has 6 nitrogen and oxygen atoms in total. The van der Waals surface area contributed by atoms with Crippen molar-refractivity contribution >= 4 is 29.1 Å². The zero-order valence-electron chi connectivity index (χ0n) is 12.5. The van der Waals surface area contributed by atoms with Crippen molar-refractivity contribution in [1.29, 1.82) is 5.26 Å². The number of halogens is 1. The molecule has 2 aromatic rings. The number of nitro benzene ring substituents is 1. The Labute approximate surface area is 142 Å². The van der Waals surface area contributed by atoms with Gasteiger partial charge in [0.2, 0.25) is 5.78 Å². The van der Waals surface area contributed by atoms with E-state index in [0.717, 1.165) is 0 Å². The first-order valence-corrected chi connectivity index (χ1v) is 7.08. The number of allylic oxidation sites excluding steroid dienone is 1. The third-order valence-electron chi connectivity index (χ3n) is 3.21. The molecule has 0 aromatic heterocycles. The molecule has 0 atom stereocenters. The minimum Gasteiger partial charge on any atom is -0.497 e. The van der Waals surface area contributed by atoms with Gasteiger partial charge >= 0.3 is 0 Å². The van der Waals surface area contributed by atoms with Gasteiger partial charge in [-0.05, 0) is 36.4 Å². The molecule has 2 aromatic carbocycles. The molecule has 0 unspecified atom stereocenters. The number of benzene rings is 2. The van der Waals surface area contributed by atoms with E-state index in [1.165, 1.54) is 43.5 Å². The van der Waals surface area contributed by atoms with Gasteiger partial charge in [0.1, 0.15) is 17.4 Å². The summed E-state index contributed by atoms with van der Waals surface area (Å²) in [7, 11) is 1.50. The molecule has 0 heterocycles. The number of ketones is 1. The van der Waals surface area contributed by atoms with Crippen molar-refractivity contribution in [1.82, 2.24) is 0 Å². The molecule has 0 fully saturated rings. The molecule has 0 aliphatic rings. The monoisotopic (exact) mass is 342 g/mol. The smallest absolute Gasteiger partial charge is 0.270 e. The van der Waals surface area contributed by atoms with Crippen molar-refractivity contribution in [3.8, 4) is 11.8 Å². The zero-order chi connectivity index (χ0) is 17.7. The van der Waals surface area contributed by atoms with E-state index in [0.29, 0.717) is 11.3 Å². The summed E-state index contributed by atoms with van der Waals surface area (Å²) in [5, 5.41) is 20.3. The number of hydrogen-bond donors (Lipinski definition) is 0. The molecule has 0 spiro atoms. The molecule has 24 heavy (non-hydrogen) atoms. The predicted molar refractivity (Wildman–Crippen MR) is 89.0 cm³/mol. The minimum absolute atomic E-state index is 0.178. The Morgan fingerprint density at radius 2 is 1.96 bits per heavy atom. The molecule has 2 rings (SSSR count). The predicted octanol–water partition coefficient (Wildman–Crippen LogP) is 4.05. The van der Waals surface area contributed by atoms with Crippen LogP contribution in [0.2, 0.25) is 5.02 Å². The molecule has 7 heteroatoms. The van der Waals surface area contributed by atoms with Gasteiger partial charge in [0.05, 0.1) is 12.0 Å². The van der Waals surface area contributed by atoms with Gasteiger partial charge in [0, 0.05) is 28.3 Å². The van der Waals surface area contributed by atoms with E-state index in [1.54, 1.807) is 18.2 Å². The first kappa shape index (κ1) is 17.2. The maximum Gasteiger partial charge on any atom is 0.270 e. The first-order chi connectivity index (χ1) is 11.5. The van der Waals surface area contributed by atoms with Crippen molar-refractivity contribution in [3.05, 3.63) is 74.3 Å². The van der Waals surface area contributed by atoms with Crippen LogP contribution in [0.15, 0.2) is 48.0 Å². The lowest BCUT2D eigenvalue weighted by atomic mass is 10.0. The van der Waals surface area contributed by atoms with Crippen molar-refractivity contribution in [3.63, 3.8) is 0 Å². The summed E-state index contributed by atoms with van der Waals surface area (Å²) in [5.74, 6) is 0.0680. The molecule has 120 valence electrons. The number of hydrogen-bond acceptors (Lipinski definition) is 5. The maximum absolute atomic E-state index is 12.4. The SMILES string of the molecule is COc1ccc(C(=O)/C(C#N)=C/c2cc([N+](=O)[O-])ccc2Cl)cc1. The number of nitro groups is 1. The summed E-state index contributed by atoms with van der Waals surface area (Å²) in [6.07, 6.45) is 1.24. The molecular formula is C17H11ClN2O4. The second-order valence-corrected chi connectivity index (χ2v) is 5.10. The van der Waals surface area contributed by atoms with E-state index in [2.05, 4.69) is 0 Å². The quantitative estimate of drug-likeness (QED) is 0.269. The van der Waals surface area contributed by atoms with Crippen LogP contribution >= 0.6 is 11.6 Å². The van der Waals surface area contributed by atoms with Crippen LogP contribution in [0.4, 0.5) is 5.69 Å². The number of rotatable bonds is 5. The Kier molecular flexibility index (Phi) is 5.30. The van der Waals surface area contributed by atoms with Crippen LogP contribution in [0.5, 0.6) is 5.75 Å². The molecule has 0 saturated carbocycles. The molecule has 0 radical (unpaired) electrons. The Morgan fingerprint density at radius 1 is 1.29 bits per heavy atom. The van der Waals surface area contributed by atoms with Gasteiger partial charge in [-0.15, -0.1) is 0 Å². The van der Waals surface area contributed by atoms with Gasteiger partial charge in [0.15, 0.2) is 0 Å². The van der Waals surface area contributed by atoms with E-state index < -0.39 is 10.7 Å². The molecular weight excluding hydrogens is 332 g/mol. The molecule has 0 N–H and O–H groups in total. The second kappa shape index (κ2) is 7.40. The summed E-state index contributed by atoms with van der Waals surface area (Å²) in [6, 6.07) is 11.9. The summed E-state index contributed by atoms with van der Waals surface area (Å²) in [6.45, 7) is 0. The highest BCUT2D eigenvalue weighted by molar-refractivity contribution is 6.32. The van der Waals surface area contributed by atoms with Crippen LogP contribution in [0.1, 0.15) is 15.9 Å². The van der Waals surface area contributed by atoms with Crippen LogP contribution in [0.25, 0.3) is 6.08 Å². The highest BCUT2D eigenvalue weighted by Gasteiger charge is 2.15. The number of carbonyl (C=O) groups excluding carboxylic acids is 1. The second-order valence-electron chi connectivity index (χ2n) is 4.69. The van der Waals surface area contributed by atoms with Gasteiger partial charge in [-0.2, -0.15) is 5.26 Å². The summed E-state index contributed by atoms with van der Waals surface area (Å²) in [5.41, 5.74) is 0.164. The average Bonchev–Trinajstić information content (AvgIpc) is 2.60. The Morgan fingerprint density at radius 3 is 2.50 bits per heavy atom. The highest BCUT2D eigenvalue weighted by Crippen LogP contribution is 2.25. The summed E-state index contributed by atoms with van der Waals surface area (Å²) in [4.78, 5) is 22.7. The fourth-order valence-corrected chi connectivity index (χ4v) is 2.13. The van der Waals surface area contributed by atoms with Crippen molar-refractivity contribution in [2.45, 2.75) is 0 Å². The number of nitrogens with zero attached hydrogens (tertiary/aromatic N) is 2. The Hall–Kier alpha value is -3.17. The number of methoxy groups -OCH3 is 1. The van der Waals surface area contributed by atoms with Crippen molar-refractivity contribution < 1.29 is 14.5 Å². The first-order valence-electron chi connectivity index (χ1n) is 6.70. The zero-order valence-corrected chi connectivity index (χ0v) is 13.3. The van der Waals surface area contributed by atoms with E-state index in [1.807, 2.05) is 0 Å². The molecule has 0 saturated heterocycles. The number of carbonyl (C=O) groups is 1. The van der Waals surface area contributed by atoms with Gasteiger partial charge in [-0.1, -0.05) is 11.6 Å². The Balaban J connectivity index is 2.41. The number of Topliss-reactive ketones (excluding diaryl/α,β-unsaturated/α-hetero) is 1. The van der Waals surface area contributed by atoms with Gasteiger partial charge < -0.3 is 4.74 Å². The van der Waals surface area contributed by atoms with Gasteiger partial charge in [0.25, 0.3) is 5.69 Å². The van der Waals surface area contributed by atoms with E-state index in [-0.39, 0.29) is 21.8 Å². The maximum atomic E-state index is 12.4. The third-order valence-corrected chi connectivity index (χ3v) is 3.55. The average molecular weight is 343 g/mol. The number of non-ortho nitro benzene ring substituents is 1. The van der Waals surface area contributed by atoms with Crippen LogP contribution in [-0.2, 0) is 0 Å². The van der Waals surface area contributed by atoms with Gasteiger partial charge in [-0.3, -0.25) is 14.9 Å². The van der Waals surface area contributed by atoms with Crippen LogP contribution < -0.4 is 4.74 Å². The summed E-state index contributed by atoms with van der Waals surface area (Å²) < 4.78 is 5.01. The minimum atomic E-state index is -0.578. The largest absolute Gasteiger partial charge is 0.497 e. The third kappa shape index (κ3) is 3.77. The summed E-state index contributed by atoms with van der Waals surface area (Å²) >= 11 is 5.99. The topological polar surface area (TPSA) is 93.2 Å². The Bertz CT molecular complexity index is 867. The molecule has 0 aliphatic carbocycles. The fourth-order valence-electron chi connectivity index (χ4n) is 1.96. The number of nitriles is 1. The molecule has 0 amide bonds. The lowest BCUT2D eigenvalue weighted by Crippen LogP contribution is -2.02. The van der Waals surface area contributed by atoms with E-state index in [9.17, 15) is 20.2 Å². The molecule has 0 aliphatic heterocycles. The number of ether oxygens (including phenoxy) is 1. The highest BCUT2D eigenvalue weighted by atomic mass is 35.5. The van der Waals surface area contributed by atoms with E-state index in [4.69, 9.17) is 16.3 Å². The van der Waals surface area contributed by atoms with Crippen molar-refractivity contribution in [2.24, 2.45) is 0 Å². The van der Waals surface area contributed by atoms with Crippen LogP contribution in [-0.4, -0.2) is 17.8 Å². The van der Waals surface area contributed by atoms with Gasteiger partial charge in [-0.25, -0.2) is 0 Å². The molecule has 0 bridgehead atoms. The van der Waals surface area contributed by atoms with Crippen LogP contribution in [0, 0.1) is 21.4 Å². The van der Waals surface area contributed by atoms with Crippen molar-refractivity contribution in [2.75, 3.05) is 7.11 Å². The lowest BCUT2D eigenvalue weighted by molar-refractivity contribution is -0.384. The lowest BCUT2D eigenvalue weighted by Gasteiger charge is -2.03. The van der Waals surface area contributed by atoms with E-state index >= 15 is 0 Å². The fraction of sp³-hybridized carbons (Fsp3) is 0.0588. The normalized spacial score (nSPS) is 10.8. The standard InChI is InChI=1S/C17H11ClN2O4/c1-24-15-5-2-11(3-6-15)17(21)13(10-19)8-12-9-14(20(22)23)4-7-16(12)18/h2-9H,1H3/b13-8+. The van der Waals surface area contributed by atoms with Crippen LogP contribution in [0.3, 0.4) is 0 Å².